The van der Waals surface area contributed by atoms with Gasteiger partial charge in [-0.05, 0) is 6.92 Å². The third kappa shape index (κ3) is 4.10. The van der Waals surface area contributed by atoms with Gasteiger partial charge >= 0.3 is 0 Å². The molecule has 0 fully saturated rings. The molecule has 18 heavy (non-hydrogen) atoms. The largest absolute Gasteiger partial charge is 0.380 e. The van der Waals surface area contributed by atoms with Crippen LogP contribution in [0.3, 0.4) is 0 Å². The number of hydrogen-bond acceptors (Lipinski definition) is 6. The smallest absolute Gasteiger partial charge is 0.229 e. The van der Waals surface area contributed by atoms with Crippen molar-refractivity contribution >= 4 is 11.9 Å². The summed E-state index contributed by atoms with van der Waals surface area (Å²) in [6.07, 6.45) is 0.118. The van der Waals surface area contributed by atoms with Crippen LogP contribution in [0.4, 0.5) is 11.9 Å². The molecule has 1 unspecified atom stereocenters. The van der Waals surface area contributed by atoms with Crippen LogP contribution in [0, 0.1) is 0 Å². The monoisotopic (exact) mass is 253 g/mol. The summed E-state index contributed by atoms with van der Waals surface area (Å²) in [5, 5.41) is 3.17. The maximum atomic E-state index is 5.18. The van der Waals surface area contributed by atoms with Gasteiger partial charge in [0.2, 0.25) is 11.9 Å². The summed E-state index contributed by atoms with van der Waals surface area (Å²) in [4.78, 5) is 15.1. The summed E-state index contributed by atoms with van der Waals surface area (Å²) in [7, 11) is 5.52. The van der Waals surface area contributed by atoms with Gasteiger partial charge in [-0.1, -0.05) is 13.8 Å². The number of methoxy groups -OCH3 is 1. The minimum absolute atomic E-state index is 0.118. The van der Waals surface area contributed by atoms with E-state index in [-0.39, 0.29) is 12.0 Å². The second-order valence-corrected chi connectivity index (χ2v) is 4.79. The van der Waals surface area contributed by atoms with Gasteiger partial charge in [-0.25, -0.2) is 0 Å². The first-order chi connectivity index (χ1) is 8.43. The fraction of sp³-hybridized carbons (Fsp3) is 0.750. The molecule has 0 aliphatic heterocycles. The van der Waals surface area contributed by atoms with E-state index in [1.165, 1.54) is 0 Å². The summed E-state index contributed by atoms with van der Waals surface area (Å²) in [5.41, 5.74) is 0. The molecular weight excluding hydrogens is 230 g/mol. The predicted molar refractivity (Wildman–Crippen MR) is 73.2 cm³/mol. The second-order valence-electron chi connectivity index (χ2n) is 4.79. The van der Waals surface area contributed by atoms with Crippen molar-refractivity contribution in [2.45, 2.75) is 32.8 Å². The van der Waals surface area contributed by atoms with Crippen molar-refractivity contribution in [3.63, 3.8) is 0 Å². The quantitative estimate of drug-likeness (QED) is 0.829. The molecule has 1 aromatic heterocycles. The van der Waals surface area contributed by atoms with E-state index in [9.17, 15) is 0 Å². The minimum atomic E-state index is 0.118. The van der Waals surface area contributed by atoms with Crippen LogP contribution in [0.2, 0.25) is 0 Å². The minimum Gasteiger partial charge on any atom is -0.380 e. The van der Waals surface area contributed by atoms with Gasteiger partial charge in [-0.2, -0.15) is 15.0 Å². The van der Waals surface area contributed by atoms with E-state index >= 15 is 0 Å². The standard InChI is InChI=1S/C12H23N5O/c1-8(2)10-14-11(13-7-9(3)18-6)16-12(15-10)17(4)5/h8-9H,7H2,1-6H3,(H,13,14,15,16). The molecule has 0 amide bonds. The molecule has 102 valence electrons. The van der Waals surface area contributed by atoms with Crippen LogP contribution in [-0.4, -0.2) is 48.8 Å². The van der Waals surface area contributed by atoms with E-state index < -0.39 is 0 Å². The Morgan fingerprint density at radius 3 is 2.33 bits per heavy atom. The third-order valence-electron chi connectivity index (χ3n) is 2.51. The predicted octanol–water partition coefficient (Wildman–Crippen LogP) is 1.51. The maximum absolute atomic E-state index is 5.18. The summed E-state index contributed by atoms with van der Waals surface area (Å²) < 4.78 is 5.18. The zero-order valence-electron chi connectivity index (χ0n) is 12.1. The Balaban J connectivity index is 2.89. The highest BCUT2D eigenvalue weighted by Gasteiger charge is 2.11. The van der Waals surface area contributed by atoms with Gasteiger partial charge in [0.1, 0.15) is 5.82 Å². The third-order valence-corrected chi connectivity index (χ3v) is 2.51. The van der Waals surface area contributed by atoms with E-state index in [1.54, 1.807) is 7.11 Å². The van der Waals surface area contributed by atoms with Gasteiger partial charge in [-0.15, -0.1) is 0 Å². The van der Waals surface area contributed by atoms with E-state index in [2.05, 4.69) is 34.1 Å². The van der Waals surface area contributed by atoms with E-state index in [0.717, 1.165) is 5.82 Å². The Morgan fingerprint density at radius 1 is 1.17 bits per heavy atom. The first-order valence-electron chi connectivity index (χ1n) is 6.14. The summed E-state index contributed by atoms with van der Waals surface area (Å²) >= 11 is 0. The lowest BCUT2D eigenvalue weighted by molar-refractivity contribution is 0.128. The fourth-order valence-electron chi connectivity index (χ4n) is 1.24. The van der Waals surface area contributed by atoms with Crippen LogP contribution in [0.1, 0.15) is 32.5 Å². The lowest BCUT2D eigenvalue weighted by Gasteiger charge is -2.16. The van der Waals surface area contributed by atoms with Crippen LogP contribution in [0.25, 0.3) is 0 Å². The molecule has 1 N–H and O–H groups in total. The molecule has 0 saturated carbocycles. The molecule has 0 bridgehead atoms. The molecule has 1 atom stereocenters. The van der Waals surface area contributed by atoms with Crippen molar-refractivity contribution in [2.75, 3.05) is 38.0 Å². The van der Waals surface area contributed by atoms with Crippen molar-refractivity contribution in [2.24, 2.45) is 0 Å². The number of anilines is 2. The van der Waals surface area contributed by atoms with Gasteiger partial charge < -0.3 is 15.0 Å². The summed E-state index contributed by atoms with van der Waals surface area (Å²) in [6, 6.07) is 0. The molecule has 6 heteroatoms. The normalized spacial score (nSPS) is 12.6. The molecule has 0 saturated heterocycles. The first-order valence-corrected chi connectivity index (χ1v) is 6.14. The van der Waals surface area contributed by atoms with Gasteiger partial charge in [0.25, 0.3) is 0 Å². The Hall–Kier alpha value is -1.43. The van der Waals surface area contributed by atoms with Crippen molar-refractivity contribution in [1.82, 2.24) is 15.0 Å². The molecule has 0 aliphatic carbocycles. The van der Waals surface area contributed by atoms with Crippen molar-refractivity contribution < 1.29 is 4.74 Å². The number of rotatable bonds is 6. The molecule has 1 heterocycles. The molecule has 0 aliphatic rings. The number of ether oxygens (including phenoxy) is 1. The molecule has 0 radical (unpaired) electrons. The zero-order chi connectivity index (χ0) is 13.7. The fourth-order valence-corrected chi connectivity index (χ4v) is 1.24. The van der Waals surface area contributed by atoms with Crippen LogP contribution >= 0.6 is 0 Å². The second kappa shape index (κ2) is 6.49. The van der Waals surface area contributed by atoms with Crippen molar-refractivity contribution in [3.05, 3.63) is 5.82 Å². The molecule has 0 aromatic carbocycles. The summed E-state index contributed by atoms with van der Waals surface area (Å²) in [6.45, 7) is 6.79. The van der Waals surface area contributed by atoms with Crippen LogP contribution < -0.4 is 10.2 Å². The highest BCUT2D eigenvalue weighted by molar-refractivity contribution is 5.36. The number of hydrogen-bond donors (Lipinski definition) is 1. The Bertz CT molecular complexity index is 354. The average molecular weight is 253 g/mol. The van der Waals surface area contributed by atoms with Gasteiger partial charge in [-0.3, -0.25) is 0 Å². The van der Waals surface area contributed by atoms with Crippen molar-refractivity contribution in [1.29, 1.82) is 0 Å². The molecular formula is C12H23N5O. The van der Waals surface area contributed by atoms with Crippen LogP contribution in [0.15, 0.2) is 0 Å². The highest BCUT2D eigenvalue weighted by Crippen LogP contribution is 2.14. The lowest BCUT2D eigenvalue weighted by Crippen LogP contribution is -2.22. The van der Waals surface area contributed by atoms with E-state index in [1.807, 2.05) is 25.9 Å². The van der Waals surface area contributed by atoms with E-state index in [0.29, 0.717) is 18.4 Å². The highest BCUT2D eigenvalue weighted by atomic mass is 16.5. The number of nitrogens with zero attached hydrogens (tertiary/aromatic N) is 4. The Morgan fingerprint density at radius 2 is 1.83 bits per heavy atom. The Labute approximate surface area is 109 Å². The molecule has 1 rings (SSSR count). The molecule has 6 nitrogen and oxygen atoms in total. The number of nitrogens with one attached hydrogen (secondary N) is 1. The Kier molecular flexibility index (Phi) is 5.27. The first kappa shape index (κ1) is 14.6. The van der Waals surface area contributed by atoms with E-state index in [4.69, 9.17) is 4.74 Å². The summed E-state index contributed by atoms with van der Waals surface area (Å²) in [5.74, 6) is 2.33. The topological polar surface area (TPSA) is 63.2 Å². The van der Waals surface area contributed by atoms with Gasteiger partial charge in [0, 0.05) is 33.7 Å². The average Bonchev–Trinajstić information content (AvgIpc) is 2.35. The zero-order valence-corrected chi connectivity index (χ0v) is 12.1. The van der Waals surface area contributed by atoms with Gasteiger partial charge in [0.15, 0.2) is 0 Å². The van der Waals surface area contributed by atoms with Crippen molar-refractivity contribution in [3.8, 4) is 0 Å². The molecule has 0 spiro atoms. The number of aromatic nitrogens is 3. The SMILES string of the molecule is COC(C)CNc1nc(C(C)C)nc(N(C)C)n1. The van der Waals surface area contributed by atoms with Crippen LogP contribution in [-0.2, 0) is 4.74 Å². The maximum Gasteiger partial charge on any atom is 0.229 e. The van der Waals surface area contributed by atoms with Gasteiger partial charge in [0.05, 0.1) is 6.10 Å². The van der Waals surface area contributed by atoms with Crippen LogP contribution in [0.5, 0.6) is 0 Å². The lowest BCUT2D eigenvalue weighted by atomic mass is 10.2. The molecule has 1 aromatic rings.